The molecule has 4 aromatic carbocycles. The van der Waals surface area contributed by atoms with Crippen molar-refractivity contribution in [1.29, 1.82) is 0 Å². The Morgan fingerprint density at radius 1 is 0.467 bits per heavy atom. The zero-order chi connectivity index (χ0) is 20.8. The summed E-state index contributed by atoms with van der Waals surface area (Å²) in [5.41, 5.74) is 8.06. The van der Waals surface area contributed by atoms with Crippen LogP contribution in [0.25, 0.3) is 22.3 Å². The highest BCUT2D eigenvalue weighted by Gasteiger charge is 2.06. The van der Waals surface area contributed by atoms with Crippen LogP contribution in [-0.2, 0) is 12.8 Å². The Hall–Kier alpha value is -2.42. The third-order valence-corrected chi connectivity index (χ3v) is 7.78. The zero-order valence-electron chi connectivity index (χ0n) is 17.5. The maximum Gasteiger partial charge on any atom is 0.0186 e. The molecule has 0 heterocycles. The van der Waals surface area contributed by atoms with Crippen molar-refractivity contribution in [1.82, 2.24) is 0 Å². The highest BCUT2D eigenvalue weighted by molar-refractivity contribution is 8.76. The van der Waals surface area contributed by atoms with E-state index in [9.17, 15) is 0 Å². The molecule has 0 aliphatic carbocycles. The summed E-state index contributed by atoms with van der Waals surface area (Å²) in [5, 5.41) is 0. The molecule has 0 amide bonds. The van der Waals surface area contributed by atoms with Crippen molar-refractivity contribution in [2.75, 3.05) is 0 Å². The van der Waals surface area contributed by atoms with Crippen molar-refractivity contribution in [2.45, 2.75) is 36.5 Å². The fraction of sp³-hybridized carbons (Fsp3) is 0.143. The maximum atomic E-state index is 2.24. The second-order valence-electron chi connectivity index (χ2n) is 7.24. The lowest BCUT2D eigenvalue weighted by Gasteiger charge is -2.09. The van der Waals surface area contributed by atoms with E-state index in [2.05, 4.69) is 111 Å². The van der Waals surface area contributed by atoms with Gasteiger partial charge in [-0.2, -0.15) is 0 Å². The predicted molar refractivity (Wildman–Crippen MR) is 134 cm³/mol. The van der Waals surface area contributed by atoms with Crippen LogP contribution in [0.15, 0.2) is 107 Å². The summed E-state index contributed by atoms with van der Waals surface area (Å²) in [4.78, 5) is 2.55. The van der Waals surface area contributed by atoms with E-state index in [1.165, 1.54) is 43.2 Å². The number of rotatable bonds is 7. The minimum Gasteiger partial charge on any atom is -0.0620 e. The van der Waals surface area contributed by atoms with E-state index in [1.54, 1.807) is 0 Å². The SMILES string of the molecule is CCc1ccccc1-c1ccc(SSc2ccc(-c3ccccc3CC)cc2)cc1. The van der Waals surface area contributed by atoms with Gasteiger partial charge in [0.25, 0.3) is 0 Å². The van der Waals surface area contributed by atoms with Gasteiger partial charge in [0.1, 0.15) is 0 Å². The third-order valence-electron chi connectivity index (χ3n) is 5.36. The molecule has 0 unspecified atom stereocenters. The number of benzene rings is 4. The Kier molecular flexibility index (Phi) is 6.99. The van der Waals surface area contributed by atoms with Gasteiger partial charge in [-0.3, -0.25) is 0 Å². The average Bonchev–Trinajstić information content (AvgIpc) is 2.83. The van der Waals surface area contributed by atoms with Gasteiger partial charge in [0, 0.05) is 9.79 Å². The lowest BCUT2D eigenvalue weighted by molar-refractivity contribution is 1.14. The van der Waals surface area contributed by atoms with Crippen LogP contribution in [0, 0.1) is 0 Å². The van der Waals surface area contributed by atoms with Gasteiger partial charge in [0.15, 0.2) is 0 Å². The molecule has 30 heavy (non-hydrogen) atoms. The molecule has 0 atom stereocenters. The first-order valence-corrected chi connectivity index (χ1v) is 12.6. The third kappa shape index (κ3) is 4.83. The summed E-state index contributed by atoms with van der Waals surface area (Å²) in [5.74, 6) is 0. The molecular formula is C28H26S2. The molecule has 0 N–H and O–H groups in total. The van der Waals surface area contributed by atoms with Gasteiger partial charge in [-0.05, 0) is 70.5 Å². The van der Waals surface area contributed by atoms with Crippen LogP contribution in [0.3, 0.4) is 0 Å². The number of aryl methyl sites for hydroxylation is 2. The fourth-order valence-electron chi connectivity index (χ4n) is 3.70. The molecule has 4 rings (SSSR count). The number of hydrogen-bond acceptors (Lipinski definition) is 2. The monoisotopic (exact) mass is 426 g/mol. The van der Waals surface area contributed by atoms with E-state index in [-0.39, 0.29) is 0 Å². The summed E-state index contributed by atoms with van der Waals surface area (Å²) in [6, 6.07) is 35.2. The molecule has 150 valence electrons. The Balaban J connectivity index is 1.42. The molecule has 0 fully saturated rings. The first kappa shape index (κ1) is 20.8. The molecule has 0 aromatic heterocycles. The topological polar surface area (TPSA) is 0 Å². The van der Waals surface area contributed by atoms with E-state index in [0.717, 1.165) is 12.8 Å². The normalized spacial score (nSPS) is 10.9. The van der Waals surface area contributed by atoms with Gasteiger partial charge < -0.3 is 0 Å². The van der Waals surface area contributed by atoms with Gasteiger partial charge in [0.2, 0.25) is 0 Å². The molecule has 0 aliphatic rings. The van der Waals surface area contributed by atoms with Crippen molar-refractivity contribution >= 4 is 21.6 Å². The van der Waals surface area contributed by atoms with Crippen molar-refractivity contribution in [3.8, 4) is 22.3 Å². The number of hydrogen-bond donors (Lipinski definition) is 0. The summed E-state index contributed by atoms with van der Waals surface area (Å²) < 4.78 is 0. The highest BCUT2D eigenvalue weighted by atomic mass is 33.1. The molecule has 0 saturated heterocycles. The largest absolute Gasteiger partial charge is 0.0620 e. The molecule has 0 bridgehead atoms. The standard InChI is InChI=1S/C28H26S2/c1-3-21-9-5-7-11-27(21)23-13-17-25(18-14-23)29-30-26-19-15-24(16-20-26)28-12-8-6-10-22(28)4-2/h5-20H,3-4H2,1-2H3. The zero-order valence-corrected chi connectivity index (χ0v) is 19.1. The molecule has 0 nitrogen and oxygen atoms in total. The summed E-state index contributed by atoms with van der Waals surface area (Å²) in [6.07, 6.45) is 2.11. The maximum absolute atomic E-state index is 2.24. The summed E-state index contributed by atoms with van der Waals surface area (Å²) >= 11 is 0. The van der Waals surface area contributed by atoms with Crippen molar-refractivity contribution in [2.24, 2.45) is 0 Å². The molecule has 0 spiro atoms. The van der Waals surface area contributed by atoms with Gasteiger partial charge in [-0.15, -0.1) is 0 Å². The van der Waals surface area contributed by atoms with Gasteiger partial charge in [0.05, 0.1) is 0 Å². The van der Waals surface area contributed by atoms with Gasteiger partial charge in [-0.1, -0.05) is 108 Å². The van der Waals surface area contributed by atoms with Crippen LogP contribution < -0.4 is 0 Å². The van der Waals surface area contributed by atoms with Crippen LogP contribution in [0.4, 0.5) is 0 Å². The second-order valence-corrected chi connectivity index (χ2v) is 9.51. The second kappa shape index (κ2) is 10.1. The lowest BCUT2D eigenvalue weighted by Crippen LogP contribution is -1.87. The molecule has 0 aliphatic heterocycles. The van der Waals surface area contributed by atoms with E-state index in [1.807, 2.05) is 21.6 Å². The lowest BCUT2D eigenvalue weighted by atomic mass is 9.98. The smallest absolute Gasteiger partial charge is 0.0186 e. The highest BCUT2D eigenvalue weighted by Crippen LogP contribution is 2.39. The Morgan fingerprint density at radius 3 is 1.20 bits per heavy atom. The molecule has 0 radical (unpaired) electrons. The van der Waals surface area contributed by atoms with E-state index in [4.69, 9.17) is 0 Å². The van der Waals surface area contributed by atoms with Crippen molar-refractivity contribution < 1.29 is 0 Å². The van der Waals surface area contributed by atoms with E-state index >= 15 is 0 Å². The van der Waals surface area contributed by atoms with Crippen molar-refractivity contribution in [3.05, 3.63) is 108 Å². The van der Waals surface area contributed by atoms with Crippen LogP contribution in [0.5, 0.6) is 0 Å². The minimum absolute atomic E-state index is 1.06. The summed E-state index contributed by atoms with van der Waals surface area (Å²) in [7, 11) is 3.63. The fourth-order valence-corrected chi connectivity index (χ4v) is 5.63. The van der Waals surface area contributed by atoms with Gasteiger partial charge >= 0.3 is 0 Å². The van der Waals surface area contributed by atoms with Crippen LogP contribution in [0.2, 0.25) is 0 Å². The molecule has 2 heteroatoms. The van der Waals surface area contributed by atoms with Crippen LogP contribution in [-0.4, -0.2) is 0 Å². The molecule has 4 aromatic rings. The first-order valence-electron chi connectivity index (χ1n) is 10.5. The average molecular weight is 427 g/mol. The Bertz CT molecular complexity index is 1010. The Labute approximate surface area is 188 Å². The van der Waals surface area contributed by atoms with Gasteiger partial charge in [-0.25, -0.2) is 0 Å². The van der Waals surface area contributed by atoms with Crippen molar-refractivity contribution in [3.63, 3.8) is 0 Å². The van der Waals surface area contributed by atoms with Crippen LogP contribution in [0.1, 0.15) is 25.0 Å². The van der Waals surface area contributed by atoms with E-state index in [0.29, 0.717) is 0 Å². The molecule has 0 saturated carbocycles. The Morgan fingerprint density at radius 2 is 0.833 bits per heavy atom. The first-order chi connectivity index (χ1) is 14.8. The van der Waals surface area contributed by atoms with E-state index < -0.39 is 0 Å². The molecular weight excluding hydrogens is 400 g/mol. The van der Waals surface area contributed by atoms with Crippen LogP contribution >= 0.6 is 21.6 Å². The minimum atomic E-state index is 1.06. The summed E-state index contributed by atoms with van der Waals surface area (Å²) in [6.45, 7) is 4.43. The quantitative estimate of drug-likeness (QED) is 0.270. The predicted octanol–water partition coefficient (Wildman–Crippen LogP) is 8.94.